The second kappa shape index (κ2) is 5.65. The molecular weight excluding hydrogens is 254 g/mol. The van der Waals surface area contributed by atoms with Crippen LogP contribution in [-0.2, 0) is 19.7 Å². The molecule has 1 aliphatic carbocycles. The summed E-state index contributed by atoms with van der Waals surface area (Å²) in [5.74, 6) is -0.542. The molecule has 0 heterocycles. The van der Waals surface area contributed by atoms with E-state index in [1.807, 2.05) is 24.3 Å². The second-order valence-electron chi connectivity index (χ2n) is 6.26. The summed E-state index contributed by atoms with van der Waals surface area (Å²) in [4.78, 5) is 23.0. The van der Waals surface area contributed by atoms with Gasteiger partial charge in [-0.3, -0.25) is 9.59 Å². The van der Waals surface area contributed by atoms with Gasteiger partial charge in [0.05, 0.1) is 5.92 Å². The fourth-order valence-corrected chi connectivity index (χ4v) is 1.82. The normalized spacial score (nSPS) is 14.8. The Hall–Kier alpha value is -1.84. The number of ether oxygens (including phenoxy) is 1. The van der Waals surface area contributed by atoms with E-state index in [0.29, 0.717) is 5.69 Å². The van der Waals surface area contributed by atoms with Crippen LogP contribution in [0.5, 0.6) is 0 Å². The van der Waals surface area contributed by atoms with E-state index in [4.69, 9.17) is 4.74 Å². The van der Waals surface area contributed by atoms with E-state index >= 15 is 0 Å². The molecule has 4 nitrogen and oxygen atoms in total. The number of hydrogen-bond donors (Lipinski definition) is 1. The van der Waals surface area contributed by atoms with Crippen LogP contribution in [-0.4, -0.2) is 18.5 Å². The molecule has 1 N–H and O–H groups in total. The highest BCUT2D eigenvalue weighted by Crippen LogP contribution is 2.30. The highest BCUT2D eigenvalue weighted by Gasteiger charge is 2.31. The molecule has 0 unspecified atom stereocenters. The van der Waals surface area contributed by atoms with Crippen molar-refractivity contribution >= 4 is 17.6 Å². The summed E-state index contributed by atoms with van der Waals surface area (Å²) in [6, 6.07) is 7.71. The Morgan fingerprint density at radius 2 is 1.80 bits per heavy atom. The van der Waals surface area contributed by atoms with Crippen molar-refractivity contribution in [3.8, 4) is 0 Å². The molecule has 2 rings (SSSR count). The lowest BCUT2D eigenvalue weighted by Gasteiger charge is -2.19. The Kier molecular flexibility index (Phi) is 4.12. The molecule has 0 bridgehead atoms. The average molecular weight is 275 g/mol. The minimum absolute atomic E-state index is 0.0221. The molecule has 1 saturated carbocycles. The van der Waals surface area contributed by atoms with Crippen molar-refractivity contribution in [3.05, 3.63) is 29.8 Å². The number of nitrogens with one attached hydrogen (secondary N) is 1. The zero-order valence-electron chi connectivity index (χ0n) is 12.2. The average Bonchev–Trinajstić information content (AvgIpc) is 3.20. The summed E-state index contributed by atoms with van der Waals surface area (Å²) in [5, 5.41) is 2.72. The van der Waals surface area contributed by atoms with Gasteiger partial charge in [0.1, 0.15) is 0 Å². The maximum absolute atomic E-state index is 11.7. The Balaban J connectivity index is 1.83. The molecule has 0 aliphatic heterocycles. The van der Waals surface area contributed by atoms with Crippen molar-refractivity contribution in [2.24, 2.45) is 5.92 Å². The van der Waals surface area contributed by atoms with Gasteiger partial charge in [0.15, 0.2) is 6.61 Å². The number of rotatable bonds is 4. The first-order valence-electron chi connectivity index (χ1n) is 6.93. The Morgan fingerprint density at radius 1 is 1.20 bits per heavy atom. The number of benzene rings is 1. The predicted octanol–water partition coefficient (Wildman–Crippen LogP) is 2.88. The van der Waals surface area contributed by atoms with E-state index in [1.54, 1.807) is 0 Å². The number of carbonyl (C=O) groups is 2. The van der Waals surface area contributed by atoms with E-state index in [9.17, 15) is 9.59 Å². The van der Waals surface area contributed by atoms with Crippen molar-refractivity contribution in [3.63, 3.8) is 0 Å². The SMILES string of the molecule is CC(C)(C)c1ccc(NC(=O)COC(=O)C2CC2)cc1. The zero-order valence-corrected chi connectivity index (χ0v) is 12.2. The van der Waals surface area contributed by atoms with Crippen molar-refractivity contribution in [1.82, 2.24) is 0 Å². The first-order chi connectivity index (χ1) is 9.36. The molecule has 108 valence electrons. The molecular formula is C16H21NO3. The summed E-state index contributed by atoms with van der Waals surface area (Å²) >= 11 is 0. The number of hydrogen-bond acceptors (Lipinski definition) is 3. The molecule has 0 atom stereocenters. The van der Waals surface area contributed by atoms with Crippen LogP contribution in [0.1, 0.15) is 39.2 Å². The van der Waals surface area contributed by atoms with Crippen LogP contribution in [0.4, 0.5) is 5.69 Å². The lowest BCUT2D eigenvalue weighted by Crippen LogP contribution is -2.21. The molecule has 0 aromatic heterocycles. The maximum atomic E-state index is 11.7. The summed E-state index contributed by atoms with van der Waals surface area (Å²) in [5.41, 5.74) is 2.00. The highest BCUT2D eigenvalue weighted by molar-refractivity contribution is 5.93. The first-order valence-corrected chi connectivity index (χ1v) is 6.93. The third-order valence-corrected chi connectivity index (χ3v) is 3.29. The lowest BCUT2D eigenvalue weighted by molar-refractivity contribution is -0.148. The Bertz CT molecular complexity index is 495. The van der Waals surface area contributed by atoms with Crippen LogP contribution in [0.2, 0.25) is 0 Å². The lowest BCUT2D eigenvalue weighted by atomic mass is 9.87. The van der Waals surface area contributed by atoms with Crippen LogP contribution in [0.25, 0.3) is 0 Å². The number of esters is 1. The minimum Gasteiger partial charge on any atom is -0.455 e. The maximum Gasteiger partial charge on any atom is 0.309 e. The van der Waals surface area contributed by atoms with Crippen molar-refractivity contribution in [2.75, 3.05) is 11.9 Å². The van der Waals surface area contributed by atoms with Gasteiger partial charge in [-0.25, -0.2) is 0 Å². The van der Waals surface area contributed by atoms with Gasteiger partial charge in [0.25, 0.3) is 5.91 Å². The van der Waals surface area contributed by atoms with Crippen LogP contribution in [0.15, 0.2) is 24.3 Å². The standard InChI is InChI=1S/C16H21NO3/c1-16(2,3)12-6-8-13(9-7-12)17-14(18)10-20-15(19)11-4-5-11/h6-9,11H,4-5,10H2,1-3H3,(H,17,18). The van der Waals surface area contributed by atoms with Gasteiger partial charge in [0, 0.05) is 5.69 Å². The van der Waals surface area contributed by atoms with Crippen molar-refractivity contribution in [1.29, 1.82) is 0 Å². The number of amides is 1. The Morgan fingerprint density at radius 3 is 2.30 bits per heavy atom. The van der Waals surface area contributed by atoms with Crippen molar-refractivity contribution in [2.45, 2.75) is 39.0 Å². The quantitative estimate of drug-likeness (QED) is 0.860. The third kappa shape index (κ3) is 4.08. The smallest absolute Gasteiger partial charge is 0.309 e. The van der Waals surface area contributed by atoms with Crippen LogP contribution >= 0.6 is 0 Å². The summed E-state index contributed by atoms with van der Waals surface area (Å²) in [6.45, 7) is 6.20. The first kappa shape index (κ1) is 14.6. The van der Waals surface area contributed by atoms with Crippen LogP contribution < -0.4 is 5.32 Å². The third-order valence-electron chi connectivity index (χ3n) is 3.29. The molecule has 1 fully saturated rings. The molecule has 1 amide bonds. The van der Waals surface area contributed by atoms with Gasteiger partial charge >= 0.3 is 5.97 Å². The van der Waals surface area contributed by atoms with Gasteiger partial charge in [-0.2, -0.15) is 0 Å². The molecule has 1 aliphatic rings. The molecule has 1 aromatic rings. The Labute approximate surface area is 119 Å². The zero-order chi connectivity index (χ0) is 14.8. The van der Waals surface area contributed by atoms with Crippen LogP contribution in [0, 0.1) is 5.92 Å². The highest BCUT2D eigenvalue weighted by atomic mass is 16.5. The largest absolute Gasteiger partial charge is 0.455 e. The van der Waals surface area contributed by atoms with Crippen molar-refractivity contribution < 1.29 is 14.3 Å². The molecule has 0 spiro atoms. The number of carbonyl (C=O) groups excluding carboxylic acids is 2. The van der Waals surface area contributed by atoms with Gasteiger partial charge in [-0.15, -0.1) is 0 Å². The van der Waals surface area contributed by atoms with Gasteiger partial charge in [-0.05, 0) is 36.0 Å². The van der Waals surface area contributed by atoms with Crippen LogP contribution in [0.3, 0.4) is 0 Å². The summed E-state index contributed by atoms with van der Waals surface area (Å²) in [6.07, 6.45) is 1.77. The molecule has 0 saturated heterocycles. The topological polar surface area (TPSA) is 55.4 Å². The van der Waals surface area contributed by atoms with Gasteiger partial charge in [0.2, 0.25) is 0 Å². The monoisotopic (exact) mass is 275 g/mol. The van der Waals surface area contributed by atoms with Gasteiger partial charge < -0.3 is 10.1 Å². The number of anilines is 1. The van der Waals surface area contributed by atoms with E-state index < -0.39 is 0 Å². The van der Waals surface area contributed by atoms with E-state index in [1.165, 1.54) is 5.56 Å². The fourth-order valence-electron chi connectivity index (χ4n) is 1.82. The molecule has 1 aromatic carbocycles. The summed E-state index contributed by atoms with van der Waals surface area (Å²) < 4.78 is 4.93. The van der Waals surface area contributed by atoms with Gasteiger partial charge in [-0.1, -0.05) is 32.9 Å². The van der Waals surface area contributed by atoms with E-state index in [0.717, 1.165) is 12.8 Å². The molecule has 0 radical (unpaired) electrons. The van der Waals surface area contributed by atoms with E-state index in [2.05, 4.69) is 26.1 Å². The molecule has 20 heavy (non-hydrogen) atoms. The van der Waals surface area contributed by atoms with E-state index in [-0.39, 0.29) is 29.8 Å². The minimum atomic E-state index is -0.303. The second-order valence-corrected chi connectivity index (χ2v) is 6.26. The summed E-state index contributed by atoms with van der Waals surface area (Å²) in [7, 11) is 0. The fraction of sp³-hybridized carbons (Fsp3) is 0.500. The molecule has 4 heteroatoms. The predicted molar refractivity (Wildman–Crippen MR) is 77.5 cm³/mol.